The summed E-state index contributed by atoms with van der Waals surface area (Å²) >= 11 is 1.70. The van der Waals surface area contributed by atoms with Gasteiger partial charge >= 0.3 is 0 Å². The van der Waals surface area contributed by atoms with Crippen molar-refractivity contribution in [2.45, 2.75) is 12.5 Å². The fourth-order valence-corrected chi connectivity index (χ4v) is 2.67. The zero-order valence-electron chi connectivity index (χ0n) is 10.5. The minimum Gasteiger partial charge on any atom is -0.354 e. The van der Waals surface area contributed by atoms with Gasteiger partial charge < -0.3 is 10.6 Å². The van der Waals surface area contributed by atoms with Crippen LogP contribution in [-0.4, -0.2) is 36.0 Å². The van der Waals surface area contributed by atoms with Crippen LogP contribution in [0.1, 0.15) is 6.42 Å². The Hall–Kier alpha value is -1.53. The van der Waals surface area contributed by atoms with E-state index in [1.54, 1.807) is 11.8 Å². The van der Waals surface area contributed by atoms with Crippen LogP contribution >= 0.6 is 11.8 Å². The zero-order chi connectivity index (χ0) is 13.5. The number of anilines is 1. The van der Waals surface area contributed by atoms with Gasteiger partial charge in [0.1, 0.15) is 0 Å². The molecule has 1 aliphatic rings. The third-order valence-corrected chi connectivity index (χ3v) is 3.68. The van der Waals surface area contributed by atoms with Crippen LogP contribution in [0, 0.1) is 0 Å². The van der Waals surface area contributed by atoms with Crippen molar-refractivity contribution in [1.82, 2.24) is 10.6 Å². The van der Waals surface area contributed by atoms with Gasteiger partial charge in [-0.05, 0) is 12.1 Å². The summed E-state index contributed by atoms with van der Waals surface area (Å²) in [5.74, 6) is 1.48. The normalized spacial score (nSPS) is 18.0. The number of amides is 2. The van der Waals surface area contributed by atoms with E-state index < -0.39 is 0 Å². The molecule has 0 aromatic heterocycles. The maximum Gasteiger partial charge on any atom is 0.238 e. The molecular formula is C13H17N3O2S. The van der Waals surface area contributed by atoms with E-state index in [0.29, 0.717) is 6.54 Å². The van der Waals surface area contributed by atoms with Crippen molar-refractivity contribution in [1.29, 1.82) is 0 Å². The Morgan fingerprint density at radius 2 is 2.11 bits per heavy atom. The Kier molecular flexibility index (Phi) is 5.23. The van der Waals surface area contributed by atoms with Crippen molar-refractivity contribution in [3.63, 3.8) is 0 Å². The molecule has 5 nitrogen and oxygen atoms in total. The molecule has 19 heavy (non-hydrogen) atoms. The highest BCUT2D eigenvalue weighted by molar-refractivity contribution is 7.99. The summed E-state index contributed by atoms with van der Waals surface area (Å²) in [5.41, 5.74) is 0.771. The zero-order valence-corrected chi connectivity index (χ0v) is 11.3. The number of hydrogen-bond acceptors (Lipinski definition) is 4. The molecule has 0 aliphatic carbocycles. The first-order chi connectivity index (χ1) is 9.25. The minimum atomic E-state index is -0.123. The Bertz CT molecular complexity index is 433. The van der Waals surface area contributed by atoms with Crippen molar-refractivity contribution in [2.75, 3.05) is 23.5 Å². The summed E-state index contributed by atoms with van der Waals surface area (Å²) in [6.07, 6.45) is 0.278. The summed E-state index contributed by atoms with van der Waals surface area (Å²) in [4.78, 5) is 23.3. The number of hydrogen-bond donors (Lipinski definition) is 3. The van der Waals surface area contributed by atoms with E-state index in [4.69, 9.17) is 0 Å². The van der Waals surface area contributed by atoms with Crippen LogP contribution in [-0.2, 0) is 9.59 Å². The standard InChI is InChI=1S/C13H17N3O2S/c17-12(16-10-4-2-1-3-5-10)6-7-14-13(18)11-8-19-9-15-11/h1-5,11,15H,6-9H2,(H,14,18)(H,16,17). The number of benzene rings is 1. The third-order valence-electron chi connectivity index (χ3n) is 2.74. The van der Waals surface area contributed by atoms with E-state index >= 15 is 0 Å². The quantitative estimate of drug-likeness (QED) is 0.745. The molecule has 1 aliphatic heterocycles. The minimum absolute atomic E-state index is 0.0301. The van der Waals surface area contributed by atoms with E-state index in [9.17, 15) is 9.59 Å². The molecule has 1 fully saturated rings. The highest BCUT2D eigenvalue weighted by Crippen LogP contribution is 2.09. The van der Waals surface area contributed by atoms with Gasteiger partial charge in [0, 0.05) is 30.3 Å². The van der Waals surface area contributed by atoms with Crippen molar-refractivity contribution in [2.24, 2.45) is 0 Å². The lowest BCUT2D eigenvalue weighted by Gasteiger charge is -2.10. The predicted octanol–water partition coefficient (Wildman–Crippen LogP) is 0.794. The monoisotopic (exact) mass is 279 g/mol. The van der Waals surface area contributed by atoms with Crippen LogP contribution in [0.4, 0.5) is 5.69 Å². The Morgan fingerprint density at radius 1 is 1.32 bits per heavy atom. The lowest BCUT2D eigenvalue weighted by molar-refractivity contribution is -0.122. The molecule has 0 spiro atoms. The summed E-state index contributed by atoms with van der Waals surface area (Å²) in [7, 11) is 0. The topological polar surface area (TPSA) is 70.2 Å². The molecule has 1 atom stereocenters. The van der Waals surface area contributed by atoms with Crippen molar-refractivity contribution < 1.29 is 9.59 Å². The lowest BCUT2D eigenvalue weighted by Crippen LogP contribution is -2.42. The number of carbonyl (C=O) groups excluding carboxylic acids is 2. The van der Waals surface area contributed by atoms with Gasteiger partial charge in [-0.25, -0.2) is 0 Å². The number of rotatable bonds is 5. The van der Waals surface area contributed by atoms with Crippen molar-refractivity contribution in [3.05, 3.63) is 30.3 Å². The first-order valence-electron chi connectivity index (χ1n) is 6.19. The molecule has 0 saturated carbocycles. The molecule has 3 N–H and O–H groups in total. The maximum absolute atomic E-state index is 11.7. The molecule has 2 rings (SSSR count). The largest absolute Gasteiger partial charge is 0.354 e. The SMILES string of the molecule is O=C(CCNC(=O)C1CSCN1)Nc1ccccc1. The smallest absolute Gasteiger partial charge is 0.238 e. The van der Waals surface area contributed by atoms with Gasteiger partial charge in [0.2, 0.25) is 11.8 Å². The highest BCUT2D eigenvalue weighted by atomic mass is 32.2. The van der Waals surface area contributed by atoms with E-state index in [1.165, 1.54) is 0 Å². The molecule has 0 bridgehead atoms. The van der Waals surface area contributed by atoms with Crippen LogP contribution in [0.3, 0.4) is 0 Å². The van der Waals surface area contributed by atoms with Crippen LogP contribution in [0.5, 0.6) is 0 Å². The highest BCUT2D eigenvalue weighted by Gasteiger charge is 2.21. The van der Waals surface area contributed by atoms with E-state index in [1.807, 2.05) is 30.3 Å². The van der Waals surface area contributed by atoms with Gasteiger partial charge in [-0.3, -0.25) is 14.9 Å². The summed E-state index contributed by atoms with van der Waals surface area (Å²) in [6.45, 7) is 0.361. The van der Waals surface area contributed by atoms with Gasteiger partial charge in [0.05, 0.1) is 6.04 Å². The van der Waals surface area contributed by atoms with Gasteiger partial charge in [-0.1, -0.05) is 18.2 Å². The average Bonchev–Trinajstić information content (AvgIpc) is 2.93. The number of nitrogens with one attached hydrogen (secondary N) is 3. The average molecular weight is 279 g/mol. The fourth-order valence-electron chi connectivity index (χ4n) is 1.73. The molecule has 1 aromatic rings. The lowest BCUT2D eigenvalue weighted by atomic mass is 10.3. The molecule has 1 aromatic carbocycles. The fraction of sp³-hybridized carbons (Fsp3) is 0.385. The van der Waals surface area contributed by atoms with Crippen molar-refractivity contribution in [3.8, 4) is 0 Å². The second-order valence-corrected chi connectivity index (χ2v) is 5.26. The van der Waals surface area contributed by atoms with Crippen LogP contribution in [0.25, 0.3) is 0 Å². The van der Waals surface area contributed by atoms with Gasteiger partial charge in [0.25, 0.3) is 0 Å². The molecule has 2 amide bonds. The van der Waals surface area contributed by atoms with Crippen molar-refractivity contribution >= 4 is 29.3 Å². The van der Waals surface area contributed by atoms with Gasteiger partial charge in [-0.15, -0.1) is 11.8 Å². The van der Waals surface area contributed by atoms with E-state index in [2.05, 4.69) is 16.0 Å². The maximum atomic E-state index is 11.7. The summed E-state index contributed by atoms with van der Waals surface area (Å²) in [5, 5.41) is 8.63. The Balaban J connectivity index is 1.65. The first kappa shape index (κ1) is 13.9. The number of thioether (sulfide) groups is 1. The number of carbonyl (C=O) groups is 2. The van der Waals surface area contributed by atoms with Gasteiger partial charge in [-0.2, -0.15) is 0 Å². The molecule has 102 valence electrons. The third kappa shape index (κ3) is 4.57. The molecule has 1 saturated heterocycles. The predicted molar refractivity (Wildman–Crippen MR) is 76.9 cm³/mol. The molecule has 0 radical (unpaired) electrons. The second kappa shape index (κ2) is 7.16. The Labute approximate surface area is 116 Å². The molecular weight excluding hydrogens is 262 g/mol. The molecule has 6 heteroatoms. The first-order valence-corrected chi connectivity index (χ1v) is 7.35. The summed E-state index contributed by atoms with van der Waals surface area (Å²) < 4.78 is 0. The van der Waals surface area contributed by atoms with Gasteiger partial charge in [0.15, 0.2) is 0 Å². The van der Waals surface area contributed by atoms with E-state index in [-0.39, 0.29) is 24.3 Å². The Morgan fingerprint density at radius 3 is 2.79 bits per heavy atom. The van der Waals surface area contributed by atoms with E-state index in [0.717, 1.165) is 17.3 Å². The summed E-state index contributed by atoms with van der Waals surface area (Å²) in [6, 6.07) is 9.15. The van der Waals surface area contributed by atoms with Crippen LogP contribution in [0.2, 0.25) is 0 Å². The number of para-hydroxylation sites is 1. The second-order valence-electron chi connectivity index (χ2n) is 4.23. The molecule has 1 unspecified atom stereocenters. The molecule has 1 heterocycles. The van der Waals surface area contributed by atoms with Crippen LogP contribution < -0.4 is 16.0 Å². The van der Waals surface area contributed by atoms with Crippen LogP contribution in [0.15, 0.2) is 30.3 Å².